The molecule has 2 aliphatic rings. The number of carbonyl (C=O) groups excluding carboxylic acids is 4. The molecule has 0 spiro atoms. The second-order valence-electron chi connectivity index (χ2n) is 6.42. The fourth-order valence-electron chi connectivity index (χ4n) is 3.30. The zero-order valence-corrected chi connectivity index (χ0v) is 15.7. The van der Waals surface area contributed by atoms with Crippen molar-refractivity contribution in [1.29, 1.82) is 0 Å². The molecular formula is C19H22N4O5. The van der Waals surface area contributed by atoms with Gasteiger partial charge >= 0.3 is 17.8 Å². The molecule has 0 aromatic heterocycles. The quantitative estimate of drug-likeness (QED) is 0.397. The third kappa shape index (κ3) is 3.55. The largest absolute Gasteiger partial charge is 0.495 e. The van der Waals surface area contributed by atoms with Gasteiger partial charge in [0.05, 0.1) is 12.8 Å². The van der Waals surface area contributed by atoms with Gasteiger partial charge in [-0.3, -0.25) is 19.3 Å². The number of amides is 5. The van der Waals surface area contributed by atoms with Crippen molar-refractivity contribution in [3.05, 3.63) is 36.9 Å². The molecule has 1 aromatic rings. The summed E-state index contributed by atoms with van der Waals surface area (Å²) in [6.07, 6.45) is 1.35. The van der Waals surface area contributed by atoms with E-state index >= 15 is 0 Å². The Morgan fingerprint density at radius 2 is 1.71 bits per heavy atom. The third-order valence-corrected chi connectivity index (χ3v) is 4.80. The van der Waals surface area contributed by atoms with Crippen molar-refractivity contribution in [2.45, 2.75) is 0 Å². The van der Waals surface area contributed by atoms with E-state index in [0.29, 0.717) is 31.1 Å². The van der Waals surface area contributed by atoms with Gasteiger partial charge in [-0.05, 0) is 12.1 Å². The number of ether oxygens (including phenoxy) is 1. The maximum Gasteiger partial charge on any atom is 0.335 e. The van der Waals surface area contributed by atoms with E-state index in [4.69, 9.17) is 4.74 Å². The van der Waals surface area contributed by atoms with Crippen LogP contribution in [0.4, 0.5) is 10.5 Å². The maximum absolute atomic E-state index is 12.6. The predicted octanol–water partition coefficient (Wildman–Crippen LogP) is 0.321. The molecule has 0 N–H and O–H groups in total. The van der Waals surface area contributed by atoms with E-state index in [1.54, 1.807) is 12.0 Å². The smallest absolute Gasteiger partial charge is 0.335 e. The molecule has 9 nitrogen and oxygen atoms in total. The molecule has 2 fully saturated rings. The topological polar surface area (TPSA) is 90.5 Å². The molecule has 0 aliphatic carbocycles. The average molecular weight is 386 g/mol. The van der Waals surface area contributed by atoms with Gasteiger partial charge in [0.15, 0.2) is 0 Å². The van der Waals surface area contributed by atoms with Crippen molar-refractivity contribution in [3.8, 4) is 5.75 Å². The Balaban J connectivity index is 1.60. The summed E-state index contributed by atoms with van der Waals surface area (Å²) >= 11 is 0. The van der Waals surface area contributed by atoms with Gasteiger partial charge in [0.1, 0.15) is 12.3 Å². The molecule has 2 saturated heterocycles. The van der Waals surface area contributed by atoms with Crippen LogP contribution in [0.2, 0.25) is 0 Å². The predicted molar refractivity (Wildman–Crippen MR) is 101 cm³/mol. The van der Waals surface area contributed by atoms with Crippen LogP contribution in [0.5, 0.6) is 5.75 Å². The van der Waals surface area contributed by atoms with Gasteiger partial charge in [-0.1, -0.05) is 18.2 Å². The Bertz CT molecular complexity index is 816. The summed E-state index contributed by atoms with van der Waals surface area (Å²) in [6, 6.07) is 6.87. The monoisotopic (exact) mass is 386 g/mol. The zero-order valence-electron chi connectivity index (χ0n) is 15.7. The minimum atomic E-state index is -0.979. The molecule has 9 heteroatoms. The van der Waals surface area contributed by atoms with Gasteiger partial charge < -0.3 is 14.5 Å². The fraction of sp³-hybridized carbons (Fsp3) is 0.368. The summed E-state index contributed by atoms with van der Waals surface area (Å²) in [7, 11) is 1.61. The number of methoxy groups -OCH3 is 1. The van der Waals surface area contributed by atoms with Crippen LogP contribution in [-0.2, 0) is 14.4 Å². The van der Waals surface area contributed by atoms with Crippen molar-refractivity contribution in [2.24, 2.45) is 0 Å². The van der Waals surface area contributed by atoms with Crippen LogP contribution in [0.3, 0.4) is 0 Å². The number of para-hydroxylation sites is 2. The molecule has 148 valence electrons. The Hall–Kier alpha value is -3.36. The second kappa shape index (κ2) is 8.12. The molecular weight excluding hydrogens is 364 g/mol. The number of hydrogen-bond donors (Lipinski definition) is 0. The third-order valence-electron chi connectivity index (χ3n) is 4.80. The first-order valence-corrected chi connectivity index (χ1v) is 8.92. The fourth-order valence-corrected chi connectivity index (χ4v) is 3.30. The van der Waals surface area contributed by atoms with Crippen molar-refractivity contribution in [3.63, 3.8) is 0 Å². The number of urea groups is 1. The first-order valence-electron chi connectivity index (χ1n) is 8.92. The zero-order chi connectivity index (χ0) is 20.3. The highest BCUT2D eigenvalue weighted by molar-refractivity contribution is 6.45. The summed E-state index contributed by atoms with van der Waals surface area (Å²) in [6.45, 7) is 5.02. The number of anilines is 1. The molecule has 0 radical (unpaired) electrons. The first-order chi connectivity index (χ1) is 13.5. The van der Waals surface area contributed by atoms with Crippen LogP contribution in [-0.4, -0.2) is 84.8 Å². The molecule has 2 aliphatic heterocycles. The van der Waals surface area contributed by atoms with E-state index in [1.165, 1.54) is 6.08 Å². The summed E-state index contributed by atoms with van der Waals surface area (Å²) in [5.74, 6) is -1.52. The summed E-state index contributed by atoms with van der Waals surface area (Å²) < 4.78 is 5.38. The number of carbonyl (C=O) groups is 4. The Morgan fingerprint density at radius 3 is 2.36 bits per heavy atom. The SMILES string of the molecule is C=CCN1C(=O)C(=O)N(CC(=O)N2CCN(c3ccccc3OC)CC2)C1=O. The van der Waals surface area contributed by atoms with E-state index in [0.717, 1.165) is 16.3 Å². The first kappa shape index (κ1) is 19.4. The minimum Gasteiger partial charge on any atom is -0.495 e. The van der Waals surface area contributed by atoms with Gasteiger partial charge in [-0.2, -0.15) is 0 Å². The van der Waals surface area contributed by atoms with Gasteiger partial charge in [0.25, 0.3) is 0 Å². The number of nitrogens with zero attached hydrogens (tertiary/aromatic N) is 4. The number of piperazine rings is 1. The Morgan fingerprint density at radius 1 is 1.07 bits per heavy atom. The highest BCUT2D eigenvalue weighted by Gasteiger charge is 2.45. The summed E-state index contributed by atoms with van der Waals surface area (Å²) in [4.78, 5) is 53.8. The molecule has 0 unspecified atom stereocenters. The maximum atomic E-state index is 12.6. The lowest BCUT2D eigenvalue weighted by molar-refractivity contribution is -0.144. The van der Waals surface area contributed by atoms with E-state index < -0.39 is 24.4 Å². The Labute approximate surface area is 162 Å². The second-order valence-corrected chi connectivity index (χ2v) is 6.42. The molecule has 5 amide bonds. The highest BCUT2D eigenvalue weighted by Crippen LogP contribution is 2.28. The van der Waals surface area contributed by atoms with Gasteiger partial charge in [0.2, 0.25) is 5.91 Å². The van der Waals surface area contributed by atoms with Gasteiger partial charge in [-0.15, -0.1) is 6.58 Å². The lowest BCUT2D eigenvalue weighted by Gasteiger charge is -2.37. The standard InChI is InChI=1S/C19H22N4O5/c1-3-8-22-17(25)18(26)23(19(22)27)13-16(24)21-11-9-20(10-12-21)14-6-4-5-7-15(14)28-2/h3-7H,1,8-13H2,2H3. The van der Waals surface area contributed by atoms with Gasteiger partial charge in [0, 0.05) is 32.7 Å². The molecule has 0 atom stereocenters. The average Bonchev–Trinajstić information content (AvgIpc) is 2.92. The number of benzene rings is 1. The summed E-state index contributed by atoms with van der Waals surface area (Å²) in [5, 5.41) is 0. The molecule has 28 heavy (non-hydrogen) atoms. The van der Waals surface area contributed by atoms with E-state index in [-0.39, 0.29) is 12.5 Å². The van der Waals surface area contributed by atoms with Crippen molar-refractivity contribution >= 4 is 29.4 Å². The van der Waals surface area contributed by atoms with Crippen LogP contribution in [0.1, 0.15) is 0 Å². The van der Waals surface area contributed by atoms with Crippen LogP contribution in [0, 0.1) is 0 Å². The van der Waals surface area contributed by atoms with Crippen LogP contribution < -0.4 is 9.64 Å². The molecule has 2 heterocycles. The van der Waals surface area contributed by atoms with Crippen LogP contribution in [0.15, 0.2) is 36.9 Å². The van der Waals surface area contributed by atoms with Crippen molar-refractivity contribution in [2.75, 3.05) is 51.3 Å². The number of imide groups is 2. The number of rotatable bonds is 6. The van der Waals surface area contributed by atoms with Crippen molar-refractivity contribution < 1.29 is 23.9 Å². The van der Waals surface area contributed by atoms with Crippen LogP contribution >= 0.6 is 0 Å². The lowest BCUT2D eigenvalue weighted by Crippen LogP contribution is -2.52. The van der Waals surface area contributed by atoms with Gasteiger partial charge in [-0.25, -0.2) is 9.69 Å². The molecule has 1 aromatic carbocycles. The normalized spacial score (nSPS) is 17.4. The van der Waals surface area contributed by atoms with Crippen LogP contribution in [0.25, 0.3) is 0 Å². The van der Waals surface area contributed by atoms with Crippen molar-refractivity contribution in [1.82, 2.24) is 14.7 Å². The summed E-state index contributed by atoms with van der Waals surface area (Å²) in [5.41, 5.74) is 0.952. The lowest BCUT2D eigenvalue weighted by atomic mass is 10.2. The highest BCUT2D eigenvalue weighted by atomic mass is 16.5. The number of hydrogen-bond acceptors (Lipinski definition) is 6. The molecule has 0 bridgehead atoms. The molecule has 0 saturated carbocycles. The van der Waals surface area contributed by atoms with E-state index in [2.05, 4.69) is 11.5 Å². The Kier molecular flexibility index (Phi) is 5.62. The minimum absolute atomic E-state index is 0.0638. The molecule has 3 rings (SSSR count). The van der Waals surface area contributed by atoms with E-state index in [9.17, 15) is 19.2 Å². The van der Waals surface area contributed by atoms with E-state index in [1.807, 2.05) is 24.3 Å².